The van der Waals surface area contributed by atoms with Crippen molar-refractivity contribution in [3.05, 3.63) is 89.5 Å². The molecule has 0 bridgehead atoms. The van der Waals surface area contributed by atoms with Crippen molar-refractivity contribution in [2.24, 2.45) is 0 Å². The average Bonchev–Trinajstić information content (AvgIpc) is 2.87. The highest BCUT2D eigenvalue weighted by molar-refractivity contribution is 6.03. The molecule has 0 saturated heterocycles. The summed E-state index contributed by atoms with van der Waals surface area (Å²) in [5, 5.41) is 6.08. The number of pyridine rings is 1. The van der Waals surface area contributed by atoms with Gasteiger partial charge in [-0.05, 0) is 67.6 Å². The number of hydrogen-bond donors (Lipinski definition) is 2. The number of hydrogen-bond acceptors (Lipinski definition) is 4. The molecule has 4 rings (SSSR count). The molecule has 1 aromatic heterocycles. The molecular weight excluding hydrogens is 455 g/mol. The van der Waals surface area contributed by atoms with E-state index in [0.29, 0.717) is 5.69 Å². The zero-order valence-electron chi connectivity index (χ0n) is 20.8. The molecule has 0 aliphatic heterocycles. The molecule has 1 unspecified atom stereocenters. The number of anilines is 2. The number of nitrogens with zero attached hydrogens (tertiary/aromatic N) is 2. The van der Waals surface area contributed by atoms with Crippen LogP contribution in [0.15, 0.2) is 66.9 Å². The number of carbonyl (C=O) groups excluding carboxylic acids is 2. The second-order valence-corrected chi connectivity index (χ2v) is 9.40. The van der Waals surface area contributed by atoms with Crippen molar-refractivity contribution in [1.82, 2.24) is 10.3 Å². The summed E-state index contributed by atoms with van der Waals surface area (Å²) in [7, 11) is 0. The van der Waals surface area contributed by atoms with Crippen LogP contribution in [-0.4, -0.2) is 29.4 Å². The van der Waals surface area contributed by atoms with Crippen LogP contribution in [-0.2, 0) is 9.59 Å². The summed E-state index contributed by atoms with van der Waals surface area (Å²) in [5.74, 6) is -1.24. The highest BCUT2D eigenvalue weighted by Gasteiger charge is 2.34. The van der Waals surface area contributed by atoms with Crippen LogP contribution in [0.2, 0.25) is 0 Å². The van der Waals surface area contributed by atoms with Crippen LogP contribution in [0.3, 0.4) is 0 Å². The maximum atomic E-state index is 14.1. The quantitative estimate of drug-likeness (QED) is 0.412. The lowest BCUT2D eigenvalue weighted by atomic mass is 9.93. The molecule has 1 saturated carbocycles. The minimum atomic E-state index is -0.872. The number of aryl methyl sites for hydroxylation is 2. The number of halogens is 1. The first-order chi connectivity index (χ1) is 17.4. The van der Waals surface area contributed by atoms with Gasteiger partial charge in [-0.2, -0.15) is 4.39 Å². The fourth-order valence-corrected chi connectivity index (χ4v) is 4.81. The zero-order chi connectivity index (χ0) is 25.5. The number of benzene rings is 2. The van der Waals surface area contributed by atoms with Gasteiger partial charge in [0.25, 0.3) is 0 Å². The van der Waals surface area contributed by atoms with E-state index in [1.807, 2.05) is 62.4 Å². The molecule has 36 heavy (non-hydrogen) atoms. The Morgan fingerprint density at radius 2 is 1.81 bits per heavy atom. The van der Waals surface area contributed by atoms with E-state index in [1.54, 1.807) is 6.07 Å². The second kappa shape index (κ2) is 11.8. The Bertz CT molecular complexity index is 1210. The van der Waals surface area contributed by atoms with Gasteiger partial charge < -0.3 is 10.6 Å². The smallest absolute Gasteiger partial charge is 0.248 e. The maximum absolute atomic E-state index is 14.1. The SMILES string of the molecule is Cc1cccc(N(C(=O)CNc2cccnc2F)C(C(=O)NC2CCCCC2)c2ccccc2C)c1. The van der Waals surface area contributed by atoms with E-state index >= 15 is 0 Å². The molecule has 2 N–H and O–H groups in total. The van der Waals surface area contributed by atoms with Gasteiger partial charge in [-0.25, -0.2) is 4.98 Å². The summed E-state index contributed by atoms with van der Waals surface area (Å²) in [4.78, 5) is 32.9. The molecule has 1 atom stereocenters. The van der Waals surface area contributed by atoms with Gasteiger partial charge in [-0.15, -0.1) is 0 Å². The third-order valence-electron chi connectivity index (χ3n) is 6.68. The van der Waals surface area contributed by atoms with E-state index in [2.05, 4.69) is 15.6 Å². The van der Waals surface area contributed by atoms with Gasteiger partial charge >= 0.3 is 0 Å². The average molecular weight is 489 g/mol. The summed E-state index contributed by atoms with van der Waals surface area (Å²) in [6.45, 7) is 3.69. The lowest BCUT2D eigenvalue weighted by molar-refractivity contribution is -0.126. The van der Waals surface area contributed by atoms with Gasteiger partial charge in [-0.3, -0.25) is 14.5 Å². The molecule has 0 spiro atoms. The van der Waals surface area contributed by atoms with Gasteiger partial charge in [0, 0.05) is 17.9 Å². The second-order valence-electron chi connectivity index (χ2n) is 9.40. The summed E-state index contributed by atoms with van der Waals surface area (Å²) >= 11 is 0. The molecular formula is C29H33FN4O2. The Morgan fingerprint density at radius 1 is 1.03 bits per heavy atom. The molecule has 6 nitrogen and oxygen atoms in total. The molecule has 1 fully saturated rings. The van der Waals surface area contributed by atoms with E-state index < -0.39 is 12.0 Å². The highest BCUT2D eigenvalue weighted by atomic mass is 19.1. The molecule has 0 radical (unpaired) electrons. The van der Waals surface area contributed by atoms with Crippen LogP contribution in [0.4, 0.5) is 15.8 Å². The highest BCUT2D eigenvalue weighted by Crippen LogP contribution is 2.31. The molecule has 1 aliphatic rings. The van der Waals surface area contributed by atoms with Crippen LogP contribution in [0.5, 0.6) is 0 Å². The minimum Gasteiger partial charge on any atom is -0.372 e. The van der Waals surface area contributed by atoms with Crippen LogP contribution in [0, 0.1) is 19.8 Å². The Balaban J connectivity index is 1.72. The minimum absolute atomic E-state index is 0.0924. The molecule has 188 valence electrons. The lowest BCUT2D eigenvalue weighted by Gasteiger charge is -2.34. The molecule has 1 heterocycles. The first-order valence-electron chi connectivity index (χ1n) is 12.5. The standard InChI is InChI=1S/C29H33FN4O2/c1-20-10-8-14-23(18-20)34(26(35)19-32-25-16-9-17-31-28(25)30)27(24-15-7-6-11-21(24)2)29(36)33-22-12-4-3-5-13-22/h6-11,14-18,22,27,32H,3-5,12-13,19H2,1-2H3,(H,33,36). The summed E-state index contributed by atoms with van der Waals surface area (Å²) in [6.07, 6.45) is 6.57. The van der Waals surface area contributed by atoms with Gasteiger partial charge in [-0.1, -0.05) is 55.7 Å². The van der Waals surface area contributed by atoms with Crippen LogP contribution in [0.25, 0.3) is 0 Å². The first kappa shape index (κ1) is 25.4. The molecule has 2 amide bonds. The molecule has 2 aromatic carbocycles. The Kier molecular flexibility index (Phi) is 8.31. The van der Waals surface area contributed by atoms with Crippen molar-refractivity contribution in [2.75, 3.05) is 16.8 Å². The summed E-state index contributed by atoms with van der Waals surface area (Å²) < 4.78 is 14.1. The van der Waals surface area contributed by atoms with Crippen LogP contribution < -0.4 is 15.5 Å². The van der Waals surface area contributed by atoms with Crippen molar-refractivity contribution in [2.45, 2.75) is 58.0 Å². The van der Waals surface area contributed by atoms with Crippen molar-refractivity contribution in [3.8, 4) is 0 Å². The molecule has 7 heteroatoms. The van der Waals surface area contributed by atoms with Crippen molar-refractivity contribution < 1.29 is 14.0 Å². The van der Waals surface area contributed by atoms with Gasteiger partial charge in [0.1, 0.15) is 6.04 Å². The molecule has 3 aromatic rings. The number of amides is 2. The van der Waals surface area contributed by atoms with Gasteiger partial charge in [0.2, 0.25) is 17.8 Å². The number of carbonyl (C=O) groups is 2. The predicted molar refractivity (Wildman–Crippen MR) is 140 cm³/mol. The zero-order valence-corrected chi connectivity index (χ0v) is 20.8. The fraction of sp³-hybridized carbons (Fsp3) is 0.345. The summed E-state index contributed by atoms with van der Waals surface area (Å²) in [5.41, 5.74) is 3.38. The van der Waals surface area contributed by atoms with Gasteiger partial charge in [0.15, 0.2) is 0 Å². The molecule has 1 aliphatic carbocycles. The van der Waals surface area contributed by atoms with Crippen molar-refractivity contribution in [3.63, 3.8) is 0 Å². The van der Waals surface area contributed by atoms with Crippen molar-refractivity contribution in [1.29, 1.82) is 0 Å². The number of aromatic nitrogens is 1. The summed E-state index contributed by atoms with van der Waals surface area (Å²) in [6, 6.07) is 17.5. The van der Waals surface area contributed by atoms with Crippen LogP contribution >= 0.6 is 0 Å². The normalized spacial score (nSPS) is 14.6. The van der Waals surface area contributed by atoms with Crippen molar-refractivity contribution >= 4 is 23.2 Å². The van der Waals surface area contributed by atoms with E-state index in [1.165, 1.54) is 23.6 Å². The number of rotatable bonds is 8. The monoisotopic (exact) mass is 488 g/mol. The predicted octanol–water partition coefficient (Wildman–Crippen LogP) is 5.47. The van der Waals surface area contributed by atoms with E-state index in [4.69, 9.17) is 0 Å². The first-order valence-corrected chi connectivity index (χ1v) is 12.5. The number of nitrogens with one attached hydrogen (secondary N) is 2. The van der Waals surface area contributed by atoms with E-state index in [-0.39, 0.29) is 30.1 Å². The fourth-order valence-electron chi connectivity index (χ4n) is 4.81. The third-order valence-corrected chi connectivity index (χ3v) is 6.68. The van der Waals surface area contributed by atoms with E-state index in [9.17, 15) is 14.0 Å². The Morgan fingerprint density at radius 3 is 2.53 bits per heavy atom. The maximum Gasteiger partial charge on any atom is 0.248 e. The Hall–Kier alpha value is -3.74. The lowest BCUT2D eigenvalue weighted by Crippen LogP contribution is -2.49. The Labute approximate surface area is 211 Å². The third kappa shape index (κ3) is 6.08. The largest absolute Gasteiger partial charge is 0.372 e. The van der Waals surface area contributed by atoms with Gasteiger partial charge in [0.05, 0.1) is 12.2 Å². The van der Waals surface area contributed by atoms with E-state index in [0.717, 1.165) is 42.4 Å². The topological polar surface area (TPSA) is 74.3 Å². The van der Waals surface area contributed by atoms with Crippen LogP contribution in [0.1, 0.15) is 54.8 Å².